The third-order valence-electron chi connectivity index (χ3n) is 2.33. The van der Waals surface area contributed by atoms with Crippen LogP contribution in [0, 0.1) is 23.0 Å². The lowest BCUT2D eigenvalue weighted by atomic mass is 10.0. The minimum atomic E-state index is -0.670. The van der Waals surface area contributed by atoms with Gasteiger partial charge in [0.1, 0.15) is 11.6 Å². The van der Waals surface area contributed by atoms with Gasteiger partial charge in [-0.2, -0.15) is 5.26 Å². The molecule has 0 aliphatic carbocycles. The summed E-state index contributed by atoms with van der Waals surface area (Å²) in [5.74, 6) is -1.27. The van der Waals surface area contributed by atoms with E-state index in [1.165, 1.54) is 30.3 Å². The number of benzene rings is 2. The summed E-state index contributed by atoms with van der Waals surface area (Å²) >= 11 is 5.84. The van der Waals surface area contributed by atoms with Crippen LogP contribution in [0.25, 0.3) is 11.1 Å². The SMILES string of the molecule is N#Cc1ccc(-c2c(F)cccc2Cl)c(F)c1. The molecule has 0 spiro atoms. The van der Waals surface area contributed by atoms with Crippen molar-refractivity contribution in [3.63, 3.8) is 0 Å². The number of halogens is 3. The summed E-state index contributed by atoms with van der Waals surface area (Å²) in [6.07, 6.45) is 0. The lowest BCUT2D eigenvalue weighted by molar-refractivity contribution is 0.616. The minimum absolute atomic E-state index is 0.0103. The van der Waals surface area contributed by atoms with Gasteiger partial charge < -0.3 is 0 Å². The van der Waals surface area contributed by atoms with Crippen molar-refractivity contribution in [2.75, 3.05) is 0 Å². The Morgan fingerprint density at radius 2 is 1.82 bits per heavy atom. The van der Waals surface area contributed by atoms with Gasteiger partial charge in [-0.1, -0.05) is 17.7 Å². The zero-order valence-corrected chi connectivity index (χ0v) is 9.30. The van der Waals surface area contributed by atoms with Gasteiger partial charge >= 0.3 is 0 Å². The summed E-state index contributed by atoms with van der Waals surface area (Å²) in [6.45, 7) is 0. The van der Waals surface area contributed by atoms with Crippen molar-refractivity contribution in [1.29, 1.82) is 5.26 Å². The molecule has 1 nitrogen and oxygen atoms in total. The van der Waals surface area contributed by atoms with Gasteiger partial charge in [0.2, 0.25) is 0 Å². The molecular formula is C13H6ClF2N. The van der Waals surface area contributed by atoms with E-state index in [1.54, 1.807) is 0 Å². The van der Waals surface area contributed by atoms with Crippen LogP contribution in [-0.4, -0.2) is 0 Å². The maximum absolute atomic E-state index is 13.7. The van der Waals surface area contributed by atoms with Crippen LogP contribution in [0.3, 0.4) is 0 Å². The number of hydrogen-bond acceptors (Lipinski definition) is 1. The largest absolute Gasteiger partial charge is 0.206 e. The van der Waals surface area contributed by atoms with Crippen LogP contribution < -0.4 is 0 Å². The molecule has 0 N–H and O–H groups in total. The maximum Gasteiger partial charge on any atom is 0.132 e. The Kier molecular flexibility index (Phi) is 3.08. The third-order valence-corrected chi connectivity index (χ3v) is 2.65. The molecule has 0 amide bonds. The Morgan fingerprint density at radius 1 is 1.06 bits per heavy atom. The van der Waals surface area contributed by atoms with Gasteiger partial charge in [-0.05, 0) is 30.3 Å². The van der Waals surface area contributed by atoms with Gasteiger partial charge in [0.05, 0.1) is 16.7 Å². The van der Waals surface area contributed by atoms with Crippen molar-refractivity contribution in [3.8, 4) is 17.2 Å². The standard InChI is InChI=1S/C13H6ClF2N/c14-10-2-1-3-11(15)13(10)9-5-4-8(7-17)6-12(9)16/h1-6H. The van der Waals surface area contributed by atoms with Crippen molar-refractivity contribution in [1.82, 2.24) is 0 Å². The summed E-state index contributed by atoms with van der Waals surface area (Å²) in [4.78, 5) is 0. The first-order valence-electron chi connectivity index (χ1n) is 4.77. The van der Waals surface area contributed by atoms with Gasteiger partial charge in [-0.15, -0.1) is 0 Å². The molecule has 2 aromatic rings. The molecule has 17 heavy (non-hydrogen) atoms. The fourth-order valence-electron chi connectivity index (χ4n) is 1.54. The first-order valence-corrected chi connectivity index (χ1v) is 5.15. The van der Waals surface area contributed by atoms with Gasteiger partial charge in [0.15, 0.2) is 0 Å². The Hall–Kier alpha value is -1.92. The van der Waals surface area contributed by atoms with E-state index in [0.29, 0.717) is 0 Å². The Labute approximate surface area is 102 Å². The molecule has 0 aliphatic heterocycles. The molecule has 0 bridgehead atoms. The van der Waals surface area contributed by atoms with E-state index in [-0.39, 0.29) is 21.7 Å². The maximum atomic E-state index is 13.7. The second-order valence-electron chi connectivity index (χ2n) is 3.40. The van der Waals surface area contributed by atoms with E-state index in [9.17, 15) is 8.78 Å². The van der Waals surface area contributed by atoms with Crippen molar-refractivity contribution in [3.05, 3.63) is 58.6 Å². The van der Waals surface area contributed by atoms with E-state index in [1.807, 2.05) is 6.07 Å². The molecule has 0 atom stereocenters. The minimum Gasteiger partial charge on any atom is -0.206 e. The van der Waals surface area contributed by atoms with E-state index >= 15 is 0 Å². The van der Waals surface area contributed by atoms with Crippen LogP contribution in [0.4, 0.5) is 8.78 Å². The molecule has 0 radical (unpaired) electrons. The van der Waals surface area contributed by atoms with Gasteiger partial charge in [0.25, 0.3) is 0 Å². The highest BCUT2D eigenvalue weighted by Crippen LogP contribution is 2.32. The van der Waals surface area contributed by atoms with Crippen molar-refractivity contribution in [2.45, 2.75) is 0 Å². The molecule has 84 valence electrons. The Bertz CT molecular complexity index is 597. The fraction of sp³-hybridized carbons (Fsp3) is 0. The lowest BCUT2D eigenvalue weighted by Crippen LogP contribution is -1.90. The predicted molar refractivity (Wildman–Crippen MR) is 61.5 cm³/mol. The molecule has 0 aromatic heterocycles. The highest BCUT2D eigenvalue weighted by atomic mass is 35.5. The predicted octanol–water partition coefficient (Wildman–Crippen LogP) is 4.16. The smallest absolute Gasteiger partial charge is 0.132 e. The van der Waals surface area contributed by atoms with Crippen LogP contribution in [0.2, 0.25) is 5.02 Å². The number of nitriles is 1. The molecular weight excluding hydrogens is 244 g/mol. The Morgan fingerprint density at radius 3 is 2.41 bits per heavy atom. The monoisotopic (exact) mass is 249 g/mol. The summed E-state index contributed by atoms with van der Waals surface area (Å²) in [5, 5.41) is 8.75. The van der Waals surface area contributed by atoms with Crippen LogP contribution in [-0.2, 0) is 0 Å². The molecule has 0 saturated heterocycles. The normalized spacial score (nSPS) is 10.0. The van der Waals surface area contributed by atoms with Crippen molar-refractivity contribution < 1.29 is 8.78 Å². The number of hydrogen-bond donors (Lipinski definition) is 0. The highest BCUT2D eigenvalue weighted by Gasteiger charge is 2.13. The summed E-state index contributed by atoms with van der Waals surface area (Å²) in [7, 11) is 0. The molecule has 0 heterocycles. The van der Waals surface area contributed by atoms with Gasteiger partial charge in [-0.3, -0.25) is 0 Å². The number of nitrogens with zero attached hydrogens (tertiary/aromatic N) is 1. The first-order chi connectivity index (χ1) is 8.13. The quantitative estimate of drug-likeness (QED) is 0.745. The average molecular weight is 250 g/mol. The van der Waals surface area contributed by atoms with E-state index in [0.717, 1.165) is 6.07 Å². The van der Waals surface area contributed by atoms with E-state index < -0.39 is 11.6 Å². The van der Waals surface area contributed by atoms with Crippen molar-refractivity contribution in [2.24, 2.45) is 0 Å². The molecule has 0 saturated carbocycles. The van der Waals surface area contributed by atoms with E-state index in [2.05, 4.69) is 0 Å². The zero-order valence-electron chi connectivity index (χ0n) is 8.55. The Balaban J connectivity index is 2.66. The topological polar surface area (TPSA) is 23.8 Å². The average Bonchev–Trinajstić information content (AvgIpc) is 2.30. The summed E-state index contributed by atoms with van der Waals surface area (Å²) in [6, 6.07) is 9.76. The van der Waals surface area contributed by atoms with E-state index in [4.69, 9.17) is 16.9 Å². The van der Waals surface area contributed by atoms with Crippen LogP contribution in [0.5, 0.6) is 0 Å². The van der Waals surface area contributed by atoms with Crippen LogP contribution in [0.1, 0.15) is 5.56 Å². The molecule has 2 rings (SSSR count). The lowest BCUT2D eigenvalue weighted by Gasteiger charge is -2.07. The molecule has 4 heteroatoms. The fourth-order valence-corrected chi connectivity index (χ4v) is 1.81. The van der Waals surface area contributed by atoms with Gasteiger partial charge in [0, 0.05) is 11.1 Å². The van der Waals surface area contributed by atoms with Crippen LogP contribution in [0.15, 0.2) is 36.4 Å². The highest BCUT2D eigenvalue weighted by molar-refractivity contribution is 6.33. The van der Waals surface area contributed by atoms with Gasteiger partial charge in [-0.25, -0.2) is 8.78 Å². The summed E-state index contributed by atoms with van der Waals surface area (Å²) < 4.78 is 27.3. The van der Waals surface area contributed by atoms with Crippen molar-refractivity contribution >= 4 is 11.6 Å². The zero-order chi connectivity index (χ0) is 12.4. The molecule has 0 fully saturated rings. The summed E-state index contributed by atoms with van der Waals surface area (Å²) in [5.41, 5.74) is 0.238. The second-order valence-corrected chi connectivity index (χ2v) is 3.81. The molecule has 0 aliphatic rings. The molecule has 0 unspecified atom stereocenters. The number of rotatable bonds is 1. The third kappa shape index (κ3) is 2.13. The van der Waals surface area contributed by atoms with Crippen LogP contribution >= 0.6 is 11.6 Å². The molecule has 2 aromatic carbocycles. The second kappa shape index (κ2) is 4.52. The first kappa shape index (κ1) is 11.6.